The first-order valence-corrected chi connectivity index (χ1v) is 4.47. The van der Waals surface area contributed by atoms with Crippen LogP contribution in [0.25, 0.3) is 0 Å². The summed E-state index contributed by atoms with van der Waals surface area (Å²) in [4.78, 5) is 6.85. The van der Waals surface area contributed by atoms with E-state index < -0.39 is 29.9 Å². The van der Waals surface area contributed by atoms with Gasteiger partial charge in [0.2, 0.25) is 5.96 Å². The van der Waals surface area contributed by atoms with E-state index in [0.29, 0.717) is 0 Å². The topological polar surface area (TPSA) is 123 Å². The lowest BCUT2D eigenvalue weighted by atomic mass is 10.2. The number of guanidine groups is 2. The highest BCUT2D eigenvalue weighted by molar-refractivity contribution is 5.93. The maximum absolute atomic E-state index is 13.4. The summed E-state index contributed by atoms with van der Waals surface area (Å²) < 4.78 is 26.3. The lowest BCUT2D eigenvalue weighted by molar-refractivity contribution is 0.281. The second-order valence-corrected chi connectivity index (χ2v) is 3.03. The number of benzene rings is 1. The second kappa shape index (κ2) is 5.21. The predicted molar refractivity (Wildman–Crippen MR) is 59.4 cm³/mol. The molecule has 0 radical (unpaired) electrons. The van der Waals surface area contributed by atoms with E-state index in [4.69, 9.17) is 22.3 Å². The predicted octanol–water partition coefficient (Wildman–Crippen LogP) is -0.323. The average molecular weight is 243 g/mol. The van der Waals surface area contributed by atoms with Crippen LogP contribution in [0.5, 0.6) is 0 Å². The highest BCUT2D eigenvalue weighted by atomic mass is 19.2. The monoisotopic (exact) mass is 243 g/mol. The van der Waals surface area contributed by atoms with Crippen LogP contribution in [0.4, 0.5) is 14.5 Å². The molecule has 1 aromatic rings. The number of nitrogens with zero attached hydrogens (tertiary/aromatic N) is 2. The number of aliphatic imine (C=N–C) groups is 2. The Bertz CT molecular complexity index is 483. The van der Waals surface area contributed by atoms with Gasteiger partial charge in [0.15, 0.2) is 17.6 Å². The summed E-state index contributed by atoms with van der Waals surface area (Å²) >= 11 is 0. The Morgan fingerprint density at radius 3 is 2.41 bits per heavy atom. The van der Waals surface area contributed by atoms with Crippen molar-refractivity contribution in [3.05, 3.63) is 29.3 Å². The van der Waals surface area contributed by atoms with E-state index >= 15 is 0 Å². The van der Waals surface area contributed by atoms with Crippen LogP contribution >= 0.6 is 0 Å². The molecule has 0 aliphatic carbocycles. The molecule has 0 heterocycles. The minimum atomic E-state index is -1.23. The van der Waals surface area contributed by atoms with E-state index in [0.717, 1.165) is 6.07 Å². The van der Waals surface area contributed by atoms with Gasteiger partial charge in [-0.15, -0.1) is 0 Å². The molecule has 0 fully saturated rings. The third-order valence-electron chi connectivity index (χ3n) is 1.79. The van der Waals surface area contributed by atoms with Gasteiger partial charge in [0, 0.05) is 5.56 Å². The zero-order valence-electron chi connectivity index (χ0n) is 8.69. The van der Waals surface area contributed by atoms with Gasteiger partial charge in [-0.25, -0.2) is 13.8 Å². The summed E-state index contributed by atoms with van der Waals surface area (Å²) in [5.74, 6) is -3.15. The summed E-state index contributed by atoms with van der Waals surface area (Å²) in [5.41, 5.74) is 15.0. The molecule has 1 aromatic carbocycles. The van der Waals surface area contributed by atoms with Gasteiger partial charge in [-0.1, -0.05) is 6.07 Å². The van der Waals surface area contributed by atoms with Crippen molar-refractivity contribution in [2.24, 2.45) is 27.2 Å². The van der Waals surface area contributed by atoms with Crippen LogP contribution in [-0.2, 0) is 6.61 Å². The SMILES string of the molecule is NC(N)=NC(N)=Nc1c(CO)ccc(F)c1F. The fourth-order valence-electron chi connectivity index (χ4n) is 1.10. The van der Waals surface area contributed by atoms with Crippen molar-refractivity contribution in [1.82, 2.24) is 0 Å². The Balaban J connectivity index is 3.30. The van der Waals surface area contributed by atoms with Gasteiger partial charge >= 0.3 is 0 Å². The van der Waals surface area contributed by atoms with Crippen molar-refractivity contribution < 1.29 is 13.9 Å². The fourth-order valence-corrected chi connectivity index (χ4v) is 1.10. The highest BCUT2D eigenvalue weighted by Crippen LogP contribution is 2.25. The molecule has 0 unspecified atom stereocenters. The largest absolute Gasteiger partial charge is 0.392 e. The molecule has 0 atom stereocenters. The van der Waals surface area contributed by atoms with Crippen molar-refractivity contribution in [3.8, 4) is 0 Å². The van der Waals surface area contributed by atoms with Gasteiger partial charge < -0.3 is 22.3 Å². The zero-order chi connectivity index (χ0) is 13.0. The fraction of sp³-hybridized carbons (Fsp3) is 0.111. The van der Waals surface area contributed by atoms with Crippen LogP contribution in [0.3, 0.4) is 0 Å². The van der Waals surface area contributed by atoms with Gasteiger partial charge in [0.05, 0.1) is 6.61 Å². The number of nitrogens with two attached hydrogens (primary N) is 3. The van der Waals surface area contributed by atoms with Crippen LogP contribution in [-0.4, -0.2) is 17.0 Å². The Morgan fingerprint density at radius 1 is 1.24 bits per heavy atom. The second-order valence-electron chi connectivity index (χ2n) is 3.03. The Morgan fingerprint density at radius 2 is 1.88 bits per heavy atom. The van der Waals surface area contributed by atoms with Crippen LogP contribution in [0.2, 0.25) is 0 Å². The van der Waals surface area contributed by atoms with E-state index in [2.05, 4.69) is 9.98 Å². The Hall–Kier alpha value is -2.22. The summed E-state index contributed by atoms with van der Waals surface area (Å²) in [7, 11) is 0. The average Bonchev–Trinajstić information content (AvgIpc) is 2.24. The van der Waals surface area contributed by atoms with Crippen LogP contribution in [0.15, 0.2) is 22.1 Å². The van der Waals surface area contributed by atoms with E-state index in [9.17, 15) is 8.78 Å². The molecule has 7 N–H and O–H groups in total. The first-order chi connectivity index (χ1) is 7.95. The van der Waals surface area contributed by atoms with Crippen LogP contribution < -0.4 is 17.2 Å². The van der Waals surface area contributed by atoms with Crippen molar-refractivity contribution >= 4 is 17.6 Å². The molecule has 0 spiro atoms. The quantitative estimate of drug-likeness (QED) is 0.419. The molecule has 6 nitrogen and oxygen atoms in total. The van der Waals surface area contributed by atoms with E-state index in [-0.39, 0.29) is 11.5 Å². The summed E-state index contributed by atoms with van der Waals surface area (Å²) in [6.07, 6.45) is 0. The van der Waals surface area contributed by atoms with Crippen LogP contribution in [0.1, 0.15) is 5.56 Å². The van der Waals surface area contributed by atoms with Crippen molar-refractivity contribution in [2.45, 2.75) is 6.61 Å². The molecule has 0 aromatic heterocycles. The van der Waals surface area contributed by atoms with Crippen LogP contribution in [0, 0.1) is 11.6 Å². The van der Waals surface area contributed by atoms with Gasteiger partial charge in [-0.05, 0) is 6.07 Å². The summed E-state index contributed by atoms with van der Waals surface area (Å²) in [5, 5.41) is 8.94. The number of halogens is 2. The Labute approximate surface area is 95.5 Å². The molecule has 1 rings (SSSR count). The minimum Gasteiger partial charge on any atom is -0.392 e. The van der Waals surface area contributed by atoms with Gasteiger partial charge in [0.25, 0.3) is 0 Å². The smallest absolute Gasteiger partial charge is 0.223 e. The lowest BCUT2D eigenvalue weighted by Crippen LogP contribution is -2.26. The normalized spacial score (nSPS) is 11.4. The molecular weight excluding hydrogens is 232 g/mol. The molecule has 0 saturated carbocycles. The first-order valence-electron chi connectivity index (χ1n) is 4.47. The lowest BCUT2D eigenvalue weighted by Gasteiger charge is -2.04. The number of hydrogen-bond donors (Lipinski definition) is 4. The molecule has 0 aliphatic rings. The van der Waals surface area contributed by atoms with Gasteiger partial charge in [-0.3, -0.25) is 0 Å². The van der Waals surface area contributed by atoms with Gasteiger partial charge in [0.1, 0.15) is 5.69 Å². The molecule has 17 heavy (non-hydrogen) atoms. The Kier molecular flexibility index (Phi) is 3.94. The molecule has 0 bridgehead atoms. The van der Waals surface area contributed by atoms with Crippen molar-refractivity contribution in [1.29, 1.82) is 0 Å². The molecule has 0 amide bonds. The number of rotatable bonds is 2. The zero-order valence-corrected chi connectivity index (χ0v) is 8.69. The molecular formula is C9H11F2N5O. The number of aliphatic hydroxyl groups is 1. The summed E-state index contributed by atoms with van der Waals surface area (Å²) in [6.45, 7) is -0.523. The van der Waals surface area contributed by atoms with E-state index in [1.807, 2.05) is 0 Å². The highest BCUT2D eigenvalue weighted by Gasteiger charge is 2.12. The van der Waals surface area contributed by atoms with Gasteiger partial charge in [-0.2, -0.15) is 4.99 Å². The summed E-state index contributed by atoms with van der Waals surface area (Å²) in [6, 6.07) is 2.05. The third-order valence-corrected chi connectivity index (χ3v) is 1.79. The molecule has 92 valence electrons. The van der Waals surface area contributed by atoms with E-state index in [1.54, 1.807) is 0 Å². The third kappa shape index (κ3) is 3.11. The first kappa shape index (κ1) is 12.8. The van der Waals surface area contributed by atoms with Crippen molar-refractivity contribution in [3.63, 3.8) is 0 Å². The maximum atomic E-state index is 13.4. The van der Waals surface area contributed by atoms with E-state index in [1.165, 1.54) is 6.07 Å². The molecule has 0 saturated heterocycles. The molecule has 0 aliphatic heterocycles. The minimum absolute atomic E-state index is 0.0673. The van der Waals surface area contributed by atoms with Crippen molar-refractivity contribution in [2.75, 3.05) is 0 Å². The molecule has 8 heteroatoms. The standard InChI is InChI=1S/C9H11F2N5O/c10-5-2-1-4(3-17)7(6(5)11)15-9(14)16-8(12)13/h1-2,17H,3H2,(H6,12,13,14,15,16). The maximum Gasteiger partial charge on any atom is 0.223 e. The number of hydrogen-bond acceptors (Lipinski definition) is 2. The number of aliphatic hydroxyl groups excluding tert-OH is 1.